The largest absolute Gasteiger partial charge is 0.481 e. The number of carboxylic acids is 1. The van der Waals surface area contributed by atoms with Gasteiger partial charge in [-0.25, -0.2) is 4.98 Å². The van der Waals surface area contributed by atoms with E-state index >= 15 is 0 Å². The number of aliphatic hydroxyl groups excluding tert-OH is 4. The third kappa shape index (κ3) is 12.0. The molecule has 0 unspecified atom stereocenters. The van der Waals surface area contributed by atoms with E-state index in [2.05, 4.69) is 21.9 Å². The molecule has 1 saturated carbocycles. The van der Waals surface area contributed by atoms with Crippen molar-refractivity contribution >= 4 is 28.9 Å². The van der Waals surface area contributed by atoms with E-state index in [9.17, 15) is 24.6 Å². The van der Waals surface area contributed by atoms with Crippen molar-refractivity contribution < 1.29 is 35.1 Å². The summed E-state index contributed by atoms with van der Waals surface area (Å²) in [6, 6.07) is 0. The average Bonchev–Trinajstić information content (AvgIpc) is 3.49. The molecule has 1 fully saturated rings. The van der Waals surface area contributed by atoms with Crippen LogP contribution in [0.1, 0.15) is 71.1 Å². The number of H-pyrrole nitrogens is 1. The number of hydrogen-bond donors (Lipinski definition) is 7. The number of nitrogens with zero attached hydrogens (tertiary/aromatic N) is 3. The molecule has 13 nitrogen and oxygen atoms in total. The van der Waals surface area contributed by atoms with Crippen molar-refractivity contribution in [2.75, 3.05) is 18.9 Å². The van der Waals surface area contributed by atoms with Crippen LogP contribution in [0.5, 0.6) is 0 Å². The van der Waals surface area contributed by atoms with Crippen molar-refractivity contribution in [2.45, 2.75) is 89.9 Å². The number of aromatic nitrogens is 4. The molecule has 43 heavy (non-hydrogen) atoms. The van der Waals surface area contributed by atoms with Crippen molar-refractivity contribution in [3.8, 4) is 0 Å². The van der Waals surface area contributed by atoms with Crippen LogP contribution in [0.2, 0.25) is 0 Å². The van der Waals surface area contributed by atoms with Crippen LogP contribution in [0, 0.1) is 17.8 Å². The van der Waals surface area contributed by atoms with Crippen LogP contribution >= 0.6 is 0 Å². The Morgan fingerprint density at radius 3 is 2.60 bits per heavy atom. The number of allylic oxidation sites excluding steroid dienone is 2. The molecule has 0 spiro atoms. The van der Waals surface area contributed by atoms with Crippen LogP contribution in [0.25, 0.3) is 11.2 Å². The van der Waals surface area contributed by atoms with Gasteiger partial charge in [-0.2, -0.15) is 4.98 Å². The number of anilines is 1. The SMILES string of the molecule is CCCCC[C@H](O)/C=C/[C@H]1[C@H](O)CC(=O)[C@@H]1C/C=C\CCCC(=O)O.Nc1nc(=O)c2ncn(CCC(CO)CO)c2[nH]1. The van der Waals surface area contributed by atoms with Gasteiger partial charge in [0, 0.05) is 50.4 Å². The maximum absolute atomic E-state index is 12.1. The van der Waals surface area contributed by atoms with Gasteiger partial charge in [0.15, 0.2) is 5.52 Å². The van der Waals surface area contributed by atoms with Gasteiger partial charge in [-0.3, -0.25) is 14.4 Å². The summed E-state index contributed by atoms with van der Waals surface area (Å²) in [5, 5.41) is 46.6. The number of nitrogens with two attached hydrogens (primary N) is 1. The number of carbonyl (C=O) groups is 2. The van der Waals surface area contributed by atoms with Gasteiger partial charge in [0.05, 0.1) is 18.5 Å². The van der Waals surface area contributed by atoms with Crippen LogP contribution in [-0.2, 0) is 16.1 Å². The molecule has 2 aromatic heterocycles. The number of aromatic amines is 1. The molecule has 2 aromatic rings. The number of fused-ring (bicyclic) bond motifs is 1. The van der Waals surface area contributed by atoms with Gasteiger partial charge >= 0.3 is 11.5 Å². The lowest BCUT2D eigenvalue weighted by molar-refractivity contribution is -0.137. The van der Waals surface area contributed by atoms with E-state index in [0.29, 0.717) is 44.3 Å². The van der Waals surface area contributed by atoms with Gasteiger partial charge < -0.3 is 40.8 Å². The molecule has 0 bridgehead atoms. The monoisotopic (exact) mass is 605 g/mol. The van der Waals surface area contributed by atoms with Crippen LogP contribution in [0.3, 0.4) is 0 Å². The number of carboxylic acid groups (broad SMARTS) is 1. The predicted octanol–water partition coefficient (Wildman–Crippen LogP) is 1.94. The zero-order valence-electron chi connectivity index (χ0n) is 24.8. The van der Waals surface area contributed by atoms with Gasteiger partial charge in [0.2, 0.25) is 5.95 Å². The Balaban J connectivity index is 0.000000315. The molecule has 4 atom stereocenters. The molecule has 3 rings (SSSR count). The summed E-state index contributed by atoms with van der Waals surface area (Å²) in [4.78, 5) is 44.3. The molecule has 0 aromatic carbocycles. The highest BCUT2D eigenvalue weighted by molar-refractivity contribution is 5.84. The zero-order chi connectivity index (χ0) is 31.8. The second kappa shape index (κ2) is 19.0. The number of ketones is 1. The molecule has 0 radical (unpaired) electrons. The topological polar surface area (TPSA) is 225 Å². The van der Waals surface area contributed by atoms with E-state index < -0.39 is 23.7 Å². The van der Waals surface area contributed by atoms with Crippen molar-refractivity contribution in [3.63, 3.8) is 0 Å². The summed E-state index contributed by atoms with van der Waals surface area (Å²) in [6.07, 6.45) is 14.2. The van der Waals surface area contributed by atoms with Crippen LogP contribution in [-0.4, -0.2) is 82.2 Å². The fourth-order valence-electron chi connectivity index (χ4n) is 4.93. The van der Waals surface area contributed by atoms with Crippen molar-refractivity contribution in [1.82, 2.24) is 19.5 Å². The number of imidazole rings is 1. The van der Waals surface area contributed by atoms with E-state index in [4.69, 9.17) is 21.1 Å². The van der Waals surface area contributed by atoms with Gasteiger partial charge in [0.1, 0.15) is 11.4 Å². The highest BCUT2D eigenvalue weighted by atomic mass is 16.4. The molecule has 0 aliphatic heterocycles. The average molecular weight is 606 g/mol. The number of unbranched alkanes of at least 4 members (excludes halogenated alkanes) is 3. The fraction of sp³-hybridized carbons (Fsp3) is 0.633. The Bertz CT molecular complexity index is 1250. The Kier molecular flexibility index (Phi) is 15.8. The van der Waals surface area contributed by atoms with Gasteiger partial charge in [-0.1, -0.05) is 50.5 Å². The van der Waals surface area contributed by atoms with E-state index in [-0.39, 0.29) is 61.1 Å². The zero-order valence-corrected chi connectivity index (χ0v) is 24.8. The molecule has 1 aliphatic carbocycles. The Hall–Kier alpha value is -3.39. The fourth-order valence-corrected chi connectivity index (χ4v) is 4.93. The van der Waals surface area contributed by atoms with Gasteiger partial charge in [-0.05, 0) is 32.1 Å². The minimum Gasteiger partial charge on any atom is -0.481 e. The molecule has 13 heteroatoms. The first-order chi connectivity index (χ1) is 20.6. The number of nitrogens with one attached hydrogen (secondary N) is 1. The summed E-state index contributed by atoms with van der Waals surface area (Å²) in [5.74, 6) is -1.41. The van der Waals surface area contributed by atoms with E-state index in [1.807, 2.05) is 12.2 Å². The van der Waals surface area contributed by atoms with Crippen LogP contribution < -0.4 is 11.3 Å². The standard InChI is InChI=1S/C20H32O5.C10H15N5O3/c1-2-3-6-9-15(21)12-13-17-16(18(22)14-19(17)23)10-7-4-5-8-11-20(24)25;11-10-13-8-7(9(18)14-10)12-5-15(8)2-1-6(3-16)4-17/h4,7,12-13,15-17,19,21,23H,2-3,5-6,8-11,14H2,1H3,(H,24,25);5-6,16-17H,1-4H2,(H3,11,13,14,18)/b7-4-,13-12+;/t15-,16+,17+,19+;/m0./s1. The number of Topliss-reactive ketones (excluding diaryl/α,β-unsaturated/α-hetero) is 1. The van der Waals surface area contributed by atoms with Crippen molar-refractivity contribution in [1.29, 1.82) is 0 Å². The van der Waals surface area contributed by atoms with Gasteiger partial charge in [-0.15, -0.1) is 0 Å². The molecule has 240 valence electrons. The second-order valence-electron chi connectivity index (χ2n) is 10.9. The number of carbonyl (C=O) groups excluding carboxylic acids is 1. The second-order valence-corrected chi connectivity index (χ2v) is 10.9. The third-order valence-electron chi connectivity index (χ3n) is 7.51. The molecule has 8 N–H and O–H groups in total. The minimum absolute atomic E-state index is 0.0371. The molecule has 2 heterocycles. The lowest BCUT2D eigenvalue weighted by Crippen LogP contribution is -2.18. The van der Waals surface area contributed by atoms with Crippen molar-refractivity contribution in [2.24, 2.45) is 17.8 Å². The maximum atomic E-state index is 12.1. The minimum atomic E-state index is -0.801. The molecular weight excluding hydrogens is 558 g/mol. The number of rotatable bonds is 17. The first-order valence-corrected chi connectivity index (χ1v) is 15.0. The summed E-state index contributed by atoms with van der Waals surface area (Å²) in [5.41, 5.74) is 5.73. The highest BCUT2D eigenvalue weighted by Crippen LogP contribution is 2.33. The van der Waals surface area contributed by atoms with E-state index in [1.54, 1.807) is 16.7 Å². The summed E-state index contributed by atoms with van der Waals surface area (Å²) >= 11 is 0. The summed E-state index contributed by atoms with van der Waals surface area (Å²) in [7, 11) is 0. The number of hydrogen-bond acceptors (Lipinski definition) is 10. The molecule has 0 amide bonds. The molecular formula is C30H47N5O8. The number of aliphatic hydroxyl groups is 4. The first kappa shape index (κ1) is 35.8. The number of aryl methyl sites for hydroxylation is 1. The summed E-state index contributed by atoms with van der Waals surface area (Å²) in [6.45, 7) is 2.47. The van der Waals surface area contributed by atoms with E-state index in [1.165, 1.54) is 6.33 Å². The first-order valence-electron chi connectivity index (χ1n) is 15.0. The Morgan fingerprint density at radius 1 is 1.19 bits per heavy atom. The number of aliphatic carboxylic acids is 1. The lowest BCUT2D eigenvalue weighted by atomic mass is 9.90. The van der Waals surface area contributed by atoms with Crippen molar-refractivity contribution in [3.05, 3.63) is 41.0 Å². The highest BCUT2D eigenvalue weighted by Gasteiger charge is 2.39. The van der Waals surface area contributed by atoms with E-state index in [0.717, 1.165) is 19.3 Å². The summed E-state index contributed by atoms with van der Waals surface area (Å²) < 4.78 is 1.72. The quantitative estimate of drug-likeness (QED) is 0.102. The van der Waals surface area contributed by atoms with Gasteiger partial charge in [0.25, 0.3) is 0 Å². The van der Waals surface area contributed by atoms with Crippen LogP contribution in [0.15, 0.2) is 35.4 Å². The molecule has 0 saturated heterocycles. The predicted molar refractivity (Wildman–Crippen MR) is 162 cm³/mol. The Labute approximate surface area is 251 Å². The molecule has 1 aliphatic rings. The lowest BCUT2D eigenvalue weighted by Gasteiger charge is -2.16. The maximum Gasteiger partial charge on any atom is 0.303 e. The number of nitrogen functional groups attached to an aromatic ring is 1. The van der Waals surface area contributed by atoms with Crippen LogP contribution in [0.4, 0.5) is 5.95 Å². The third-order valence-corrected chi connectivity index (χ3v) is 7.51. The normalized spacial score (nSPS) is 19.5. The smallest absolute Gasteiger partial charge is 0.303 e. The Morgan fingerprint density at radius 2 is 1.93 bits per heavy atom.